The van der Waals surface area contributed by atoms with Crippen molar-refractivity contribution in [3.05, 3.63) is 53.6 Å². The molecule has 0 radical (unpaired) electrons. The molecule has 0 atom stereocenters. The molecule has 2 rings (SSSR count). The average Bonchev–Trinajstić information content (AvgIpc) is 2.74. The van der Waals surface area contributed by atoms with Crippen LogP contribution in [0.25, 0.3) is 0 Å². The highest BCUT2D eigenvalue weighted by molar-refractivity contribution is 7.92. The third-order valence-corrected chi connectivity index (χ3v) is 5.78. The van der Waals surface area contributed by atoms with Gasteiger partial charge in [0.25, 0.3) is 5.91 Å². The van der Waals surface area contributed by atoms with Gasteiger partial charge in [-0.05, 0) is 18.1 Å². The third-order valence-electron chi connectivity index (χ3n) is 4.65. The summed E-state index contributed by atoms with van der Waals surface area (Å²) >= 11 is 0. The van der Waals surface area contributed by atoms with E-state index in [1.807, 2.05) is 30.3 Å². The molecule has 0 bridgehead atoms. The van der Waals surface area contributed by atoms with Gasteiger partial charge in [-0.25, -0.2) is 8.42 Å². The highest BCUT2D eigenvalue weighted by atomic mass is 32.2. The van der Waals surface area contributed by atoms with Crippen molar-refractivity contribution in [3.63, 3.8) is 0 Å². The maximum atomic E-state index is 13.0. The van der Waals surface area contributed by atoms with E-state index in [9.17, 15) is 13.2 Å². The van der Waals surface area contributed by atoms with Crippen molar-refractivity contribution in [1.29, 1.82) is 0 Å². The molecule has 0 fully saturated rings. The number of hydrogen-bond acceptors (Lipinski definition) is 5. The number of methoxy groups -OCH3 is 2. The fourth-order valence-corrected chi connectivity index (χ4v) is 3.95. The molecule has 164 valence electrons. The number of carbonyl (C=O) groups is 1. The Hall–Kier alpha value is -2.74. The zero-order valence-electron chi connectivity index (χ0n) is 18.0. The van der Waals surface area contributed by atoms with Crippen molar-refractivity contribution in [1.82, 2.24) is 5.32 Å². The lowest BCUT2D eigenvalue weighted by molar-refractivity contribution is 0.0953. The zero-order chi connectivity index (χ0) is 22.1. The van der Waals surface area contributed by atoms with Crippen LogP contribution in [0.4, 0.5) is 5.69 Å². The van der Waals surface area contributed by atoms with Crippen molar-refractivity contribution in [2.75, 3.05) is 31.3 Å². The molecule has 0 heterocycles. The van der Waals surface area contributed by atoms with Crippen LogP contribution >= 0.6 is 0 Å². The molecule has 1 N–H and O–H groups in total. The van der Waals surface area contributed by atoms with Crippen LogP contribution in [-0.2, 0) is 16.6 Å². The summed E-state index contributed by atoms with van der Waals surface area (Å²) in [6, 6.07) is 12.3. The van der Waals surface area contributed by atoms with E-state index >= 15 is 0 Å². The molecule has 0 unspecified atom stereocenters. The third kappa shape index (κ3) is 6.13. The summed E-state index contributed by atoms with van der Waals surface area (Å²) in [7, 11) is -0.752. The Labute approximate surface area is 179 Å². The highest BCUT2D eigenvalue weighted by Crippen LogP contribution is 2.36. The molecule has 2 aromatic rings. The molecule has 30 heavy (non-hydrogen) atoms. The van der Waals surface area contributed by atoms with Gasteiger partial charge in [0.1, 0.15) is 0 Å². The van der Waals surface area contributed by atoms with Gasteiger partial charge in [-0.1, -0.05) is 50.1 Å². The van der Waals surface area contributed by atoms with Gasteiger partial charge in [0, 0.05) is 12.6 Å². The monoisotopic (exact) mass is 434 g/mol. The number of ether oxygens (including phenoxy) is 2. The molecule has 7 nitrogen and oxygen atoms in total. The van der Waals surface area contributed by atoms with E-state index in [0.717, 1.165) is 31.1 Å². The minimum atomic E-state index is -3.69. The first-order chi connectivity index (χ1) is 14.3. The lowest BCUT2D eigenvalue weighted by atomic mass is 10.1. The molecule has 0 spiro atoms. The molecule has 0 aliphatic carbocycles. The number of unbranched alkanes of at least 4 members (excludes halogenated alkanes) is 2. The van der Waals surface area contributed by atoms with E-state index in [-0.39, 0.29) is 23.7 Å². The van der Waals surface area contributed by atoms with Crippen LogP contribution in [0.5, 0.6) is 11.5 Å². The molecule has 8 heteroatoms. The number of rotatable bonds is 11. The van der Waals surface area contributed by atoms with Crippen LogP contribution in [0.2, 0.25) is 0 Å². The van der Waals surface area contributed by atoms with Crippen molar-refractivity contribution < 1.29 is 22.7 Å². The molecule has 1 amide bonds. The van der Waals surface area contributed by atoms with Crippen LogP contribution in [0.1, 0.15) is 42.1 Å². The Morgan fingerprint density at radius 1 is 1.03 bits per heavy atom. The molecule has 0 aromatic heterocycles. The van der Waals surface area contributed by atoms with Gasteiger partial charge in [-0.2, -0.15) is 0 Å². The second-order valence-corrected chi connectivity index (χ2v) is 8.85. The molecule has 2 aromatic carbocycles. The summed E-state index contributed by atoms with van der Waals surface area (Å²) in [5.74, 6) is 0.341. The predicted octanol–water partition coefficient (Wildman–Crippen LogP) is 3.59. The SMILES string of the molecule is CCCCCNC(=O)c1cc(OC)c(OC)cc1N(Cc1ccccc1)S(C)(=O)=O. The Bertz CT molecular complexity index is 946. The zero-order valence-corrected chi connectivity index (χ0v) is 18.8. The summed E-state index contributed by atoms with van der Waals surface area (Å²) in [4.78, 5) is 13.0. The van der Waals surface area contributed by atoms with Crippen molar-refractivity contribution >= 4 is 21.6 Å². The van der Waals surface area contributed by atoms with Crippen LogP contribution in [0.3, 0.4) is 0 Å². The first-order valence-electron chi connectivity index (χ1n) is 9.87. The summed E-state index contributed by atoms with van der Waals surface area (Å²) in [5, 5.41) is 2.88. The molecular formula is C22H30N2O5S. The van der Waals surface area contributed by atoms with Gasteiger partial charge in [0.05, 0.1) is 38.3 Å². The van der Waals surface area contributed by atoms with Crippen molar-refractivity contribution in [2.45, 2.75) is 32.7 Å². The Morgan fingerprint density at radius 2 is 1.67 bits per heavy atom. The molecule has 0 aliphatic rings. The normalized spacial score (nSPS) is 11.1. The van der Waals surface area contributed by atoms with Gasteiger partial charge in [-0.15, -0.1) is 0 Å². The van der Waals surface area contributed by atoms with Gasteiger partial charge in [-0.3, -0.25) is 9.10 Å². The van der Waals surface area contributed by atoms with Crippen molar-refractivity contribution in [3.8, 4) is 11.5 Å². The smallest absolute Gasteiger partial charge is 0.253 e. The first kappa shape index (κ1) is 23.5. The van der Waals surface area contributed by atoms with E-state index in [2.05, 4.69) is 12.2 Å². The van der Waals surface area contributed by atoms with Gasteiger partial charge in [0.15, 0.2) is 11.5 Å². The molecular weight excluding hydrogens is 404 g/mol. The number of benzene rings is 2. The minimum Gasteiger partial charge on any atom is -0.493 e. The van der Waals surface area contributed by atoms with Gasteiger partial charge in [0.2, 0.25) is 10.0 Å². The summed E-state index contributed by atoms with van der Waals surface area (Å²) < 4.78 is 37.3. The fraction of sp³-hybridized carbons (Fsp3) is 0.409. The maximum absolute atomic E-state index is 13.0. The Balaban J connectivity index is 2.53. The standard InChI is InChI=1S/C22H30N2O5S/c1-5-6-10-13-23-22(25)18-14-20(28-2)21(29-3)15-19(18)24(30(4,26)27)16-17-11-8-7-9-12-17/h7-9,11-12,14-15H,5-6,10,13,16H2,1-4H3,(H,23,25). The van der Waals surface area contributed by atoms with Crippen LogP contribution < -0.4 is 19.1 Å². The van der Waals surface area contributed by atoms with Crippen LogP contribution in [0, 0.1) is 0 Å². The quantitative estimate of drug-likeness (QED) is 0.547. The number of nitrogens with zero attached hydrogens (tertiary/aromatic N) is 1. The van der Waals surface area contributed by atoms with Crippen LogP contribution in [0.15, 0.2) is 42.5 Å². The number of hydrogen-bond donors (Lipinski definition) is 1. The van der Waals surface area contributed by atoms with Crippen molar-refractivity contribution in [2.24, 2.45) is 0 Å². The topological polar surface area (TPSA) is 84.9 Å². The lowest BCUT2D eigenvalue weighted by Gasteiger charge is -2.26. The van der Waals surface area contributed by atoms with Crippen LogP contribution in [-0.4, -0.2) is 41.3 Å². The number of sulfonamides is 1. The average molecular weight is 435 g/mol. The van der Waals surface area contributed by atoms with E-state index in [1.165, 1.54) is 30.7 Å². The molecule has 0 saturated carbocycles. The Kier molecular flexibility index (Phi) is 8.53. The van der Waals surface area contributed by atoms with E-state index in [0.29, 0.717) is 18.0 Å². The van der Waals surface area contributed by atoms with Gasteiger partial charge < -0.3 is 14.8 Å². The maximum Gasteiger partial charge on any atom is 0.253 e. The molecule has 0 aliphatic heterocycles. The van der Waals surface area contributed by atoms with Gasteiger partial charge >= 0.3 is 0 Å². The number of nitrogens with one attached hydrogen (secondary N) is 1. The number of carbonyl (C=O) groups excluding carboxylic acids is 1. The number of amides is 1. The second kappa shape index (κ2) is 10.9. The predicted molar refractivity (Wildman–Crippen MR) is 119 cm³/mol. The summed E-state index contributed by atoms with van der Waals surface area (Å²) in [6.07, 6.45) is 4.01. The van der Waals surface area contributed by atoms with E-state index in [1.54, 1.807) is 0 Å². The second-order valence-electron chi connectivity index (χ2n) is 6.94. The Morgan fingerprint density at radius 3 is 2.23 bits per heavy atom. The minimum absolute atomic E-state index is 0.0886. The largest absolute Gasteiger partial charge is 0.493 e. The number of anilines is 1. The summed E-state index contributed by atoms with van der Waals surface area (Å²) in [5.41, 5.74) is 1.25. The van der Waals surface area contributed by atoms with E-state index < -0.39 is 10.0 Å². The highest BCUT2D eigenvalue weighted by Gasteiger charge is 2.26. The summed E-state index contributed by atoms with van der Waals surface area (Å²) in [6.45, 7) is 2.69. The lowest BCUT2D eigenvalue weighted by Crippen LogP contribution is -2.33. The molecule has 0 saturated heterocycles. The first-order valence-corrected chi connectivity index (χ1v) is 11.7. The fourth-order valence-electron chi connectivity index (χ4n) is 3.06. The van der Waals surface area contributed by atoms with E-state index in [4.69, 9.17) is 9.47 Å².